The maximum Gasteiger partial charge on any atom is 0.329 e. The molecule has 1 saturated heterocycles. The largest absolute Gasteiger partial charge is 0.458 e. The number of amides is 5. The van der Waals surface area contributed by atoms with Gasteiger partial charge in [-0.25, -0.2) is 9.59 Å². The van der Waals surface area contributed by atoms with Gasteiger partial charge in [0.05, 0.1) is 6.04 Å². The topological polar surface area (TPSA) is 163 Å². The van der Waals surface area contributed by atoms with Crippen molar-refractivity contribution < 1.29 is 33.5 Å². The second kappa shape index (κ2) is 18.5. The van der Waals surface area contributed by atoms with Gasteiger partial charge >= 0.3 is 12.0 Å². The molecule has 1 unspecified atom stereocenters. The molecule has 49 heavy (non-hydrogen) atoms. The predicted molar refractivity (Wildman–Crippen MR) is 189 cm³/mol. The first-order valence-corrected chi connectivity index (χ1v) is 18.2. The number of hydrogen-bond donors (Lipinski definition) is 4. The highest BCUT2D eigenvalue weighted by Gasteiger charge is 2.49. The van der Waals surface area contributed by atoms with Crippen LogP contribution in [0.3, 0.4) is 0 Å². The summed E-state index contributed by atoms with van der Waals surface area (Å²) >= 11 is 0. The Labute approximate surface area is 293 Å². The zero-order valence-corrected chi connectivity index (χ0v) is 31.4. The summed E-state index contributed by atoms with van der Waals surface area (Å²) in [6.45, 7) is 20.9. The van der Waals surface area contributed by atoms with Crippen LogP contribution >= 0.6 is 0 Å². The molecular formula is C37H63N5O7. The smallest absolute Gasteiger partial charge is 0.329 e. The molecule has 1 aliphatic heterocycles. The molecule has 12 heteroatoms. The summed E-state index contributed by atoms with van der Waals surface area (Å²) in [6, 6.07) is -4.50. The molecule has 0 bridgehead atoms. The van der Waals surface area contributed by atoms with Crippen LogP contribution in [0.1, 0.15) is 120 Å². The fourth-order valence-corrected chi connectivity index (χ4v) is 6.72. The van der Waals surface area contributed by atoms with Crippen molar-refractivity contribution in [2.45, 2.75) is 150 Å². The molecule has 2 rings (SSSR count). The lowest BCUT2D eigenvalue weighted by atomic mass is 9.70. The van der Waals surface area contributed by atoms with Crippen molar-refractivity contribution in [3.05, 3.63) is 12.7 Å². The molecule has 0 aromatic heterocycles. The summed E-state index contributed by atoms with van der Waals surface area (Å²) in [5.74, 6) is -3.08. The minimum atomic E-state index is -1.04. The standard InChI is InChI=1S/C37H63N5O7/c1-11-13-17-26(29(43)32(45)38-20-12-2)39-31(44)27-21-25(23(3)4)22-42(27)33(46)30(37(10)18-15-14-16-19-37)41-35(48)40-28(24(5)6)34(47)49-36(7,8)9/h12,23-28,30H,2,11,13-22H2,1,3-10H3,(H,38,45)(H,39,44)(H2,40,41,48)/t25-,26?,27+,28+,30-/m1/s1. The molecule has 0 spiro atoms. The molecule has 2 fully saturated rings. The number of hydrogen-bond acceptors (Lipinski definition) is 7. The highest BCUT2D eigenvalue weighted by atomic mass is 16.6. The lowest BCUT2D eigenvalue weighted by molar-refractivity contribution is -0.158. The van der Waals surface area contributed by atoms with Gasteiger partial charge in [0.25, 0.3) is 5.91 Å². The van der Waals surface area contributed by atoms with Gasteiger partial charge in [0.15, 0.2) is 0 Å². The Hall–Kier alpha value is -3.44. The first kappa shape index (κ1) is 41.7. The number of carbonyl (C=O) groups is 6. The van der Waals surface area contributed by atoms with Gasteiger partial charge in [-0.3, -0.25) is 19.2 Å². The minimum Gasteiger partial charge on any atom is -0.458 e. The van der Waals surface area contributed by atoms with Crippen molar-refractivity contribution >= 4 is 35.5 Å². The Morgan fingerprint density at radius 3 is 2.14 bits per heavy atom. The molecule has 5 atom stereocenters. The Bertz CT molecular complexity index is 1190. The fraction of sp³-hybridized carbons (Fsp3) is 0.784. The molecule has 0 radical (unpaired) electrons. The van der Waals surface area contributed by atoms with E-state index in [4.69, 9.17) is 4.74 Å². The second-order valence-electron chi connectivity index (χ2n) is 15.8. The number of nitrogens with one attached hydrogen (secondary N) is 4. The second-order valence-corrected chi connectivity index (χ2v) is 15.8. The third kappa shape index (κ3) is 12.1. The SMILES string of the molecule is C=CCNC(=O)C(=O)C(CCCC)NC(=O)[C@@H]1C[C@@H](C(C)C)CN1C(=O)[C@@H](NC(=O)N[C@H](C(=O)OC(C)(C)C)C(C)C)C1(C)CCCCC1. The number of likely N-dealkylation sites (tertiary alicyclic amines) is 1. The molecule has 0 aromatic carbocycles. The summed E-state index contributed by atoms with van der Waals surface area (Å²) in [5.41, 5.74) is -1.34. The van der Waals surface area contributed by atoms with E-state index in [1.807, 2.05) is 27.7 Å². The Balaban J connectivity index is 2.42. The van der Waals surface area contributed by atoms with Crippen LogP contribution in [-0.2, 0) is 28.7 Å². The van der Waals surface area contributed by atoms with Gasteiger partial charge in [-0.05, 0) is 69.6 Å². The van der Waals surface area contributed by atoms with E-state index in [0.29, 0.717) is 32.2 Å². The van der Waals surface area contributed by atoms with Gasteiger partial charge < -0.3 is 30.9 Å². The number of ether oxygens (including phenoxy) is 1. The first-order valence-electron chi connectivity index (χ1n) is 18.2. The zero-order chi connectivity index (χ0) is 37.1. The normalized spacial score (nSPS) is 20.9. The van der Waals surface area contributed by atoms with Crippen LogP contribution < -0.4 is 21.3 Å². The average Bonchev–Trinajstić information content (AvgIpc) is 3.48. The molecule has 1 heterocycles. The minimum absolute atomic E-state index is 0.00603. The van der Waals surface area contributed by atoms with Gasteiger partial charge in [0, 0.05) is 13.1 Å². The number of ketones is 1. The van der Waals surface area contributed by atoms with E-state index in [1.54, 1.807) is 39.5 Å². The monoisotopic (exact) mass is 689 g/mol. The third-order valence-electron chi connectivity index (χ3n) is 9.80. The Morgan fingerprint density at radius 1 is 0.980 bits per heavy atom. The fourth-order valence-electron chi connectivity index (χ4n) is 6.72. The first-order chi connectivity index (χ1) is 22.8. The number of nitrogens with zero attached hydrogens (tertiary/aromatic N) is 1. The number of esters is 1. The molecule has 12 nitrogen and oxygen atoms in total. The van der Waals surface area contributed by atoms with E-state index in [9.17, 15) is 28.8 Å². The molecular weight excluding hydrogens is 626 g/mol. The van der Waals surface area contributed by atoms with E-state index in [2.05, 4.69) is 27.8 Å². The van der Waals surface area contributed by atoms with Gasteiger partial charge in [0.1, 0.15) is 23.7 Å². The van der Waals surface area contributed by atoms with Crippen LogP contribution in [-0.4, -0.2) is 83.3 Å². The van der Waals surface area contributed by atoms with Crippen molar-refractivity contribution in [2.75, 3.05) is 13.1 Å². The zero-order valence-electron chi connectivity index (χ0n) is 31.4. The van der Waals surface area contributed by atoms with Crippen LogP contribution in [0.25, 0.3) is 0 Å². The number of rotatable bonds is 16. The van der Waals surface area contributed by atoms with Gasteiger partial charge in [-0.1, -0.05) is 79.7 Å². The number of carbonyl (C=O) groups excluding carboxylic acids is 6. The van der Waals surface area contributed by atoms with Crippen molar-refractivity contribution in [3.63, 3.8) is 0 Å². The summed E-state index contributed by atoms with van der Waals surface area (Å²) in [4.78, 5) is 82.5. The quantitative estimate of drug-likeness (QED) is 0.106. The molecule has 1 saturated carbocycles. The number of urea groups is 1. The Morgan fingerprint density at radius 2 is 1.61 bits per heavy atom. The summed E-state index contributed by atoms with van der Waals surface area (Å²) in [5, 5.41) is 11.0. The summed E-state index contributed by atoms with van der Waals surface area (Å²) in [7, 11) is 0. The lowest BCUT2D eigenvalue weighted by Gasteiger charge is -2.42. The van der Waals surface area contributed by atoms with Gasteiger partial charge in [-0.15, -0.1) is 6.58 Å². The van der Waals surface area contributed by atoms with E-state index in [1.165, 1.54) is 6.08 Å². The number of Topliss-reactive ketones (excluding diaryl/α,β-unsaturated/α-hetero) is 1. The molecule has 1 aliphatic carbocycles. The van der Waals surface area contributed by atoms with Crippen LogP contribution in [0, 0.1) is 23.2 Å². The Kier molecular flexibility index (Phi) is 15.8. The van der Waals surface area contributed by atoms with Crippen LogP contribution in [0.4, 0.5) is 4.79 Å². The van der Waals surface area contributed by atoms with Crippen molar-refractivity contribution in [1.29, 1.82) is 0 Å². The van der Waals surface area contributed by atoms with Crippen LogP contribution in [0.2, 0.25) is 0 Å². The van der Waals surface area contributed by atoms with Crippen molar-refractivity contribution in [1.82, 2.24) is 26.2 Å². The highest BCUT2D eigenvalue weighted by Crippen LogP contribution is 2.41. The molecule has 2 aliphatic rings. The van der Waals surface area contributed by atoms with E-state index in [0.717, 1.165) is 25.7 Å². The van der Waals surface area contributed by atoms with E-state index < -0.39 is 64.8 Å². The third-order valence-corrected chi connectivity index (χ3v) is 9.80. The summed E-state index contributed by atoms with van der Waals surface area (Å²) in [6.07, 6.45) is 7.73. The van der Waals surface area contributed by atoms with E-state index >= 15 is 0 Å². The predicted octanol–water partition coefficient (Wildman–Crippen LogP) is 4.41. The van der Waals surface area contributed by atoms with E-state index in [-0.39, 0.29) is 36.6 Å². The molecule has 278 valence electrons. The van der Waals surface area contributed by atoms with Crippen LogP contribution in [0.15, 0.2) is 12.7 Å². The highest BCUT2D eigenvalue weighted by molar-refractivity contribution is 6.38. The molecule has 5 amide bonds. The van der Waals surface area contributed by atoms with Gasteiger partial charge in [-0.2, -0.15) is 0 Å². The average molecular weight is 690 g/mol. The van der Waals surface area contributed by atoms with Crippen LogP contribution in [0.5, 0.6) is 0 Å². The van der Waals surface area contributed by atoms with Crippen molar-refractivity contribution in [3.8, 4) is 0 Å². The van der Waals surface area contributed by atoms with Crippen molar-refractivity contribution in [2.24, 2.45) is 23.2 Å². The number of unbranched alkanes of at least 4 members (excludes halogenated alkanes) is 1. The molecule has 4 N–H and O–H groups in total. The summed E-state index contributed by atoms with van der Waals surface area (Å²) < 4.78 is 5.56. The molecule has 0 aromatic rings. The lowest BCUT2D eigenvalue weighted by Crippen LogP contribution is -2.62. The maximum absolute atomic E-state index is 14.7. The maximum atomic E-state index is 14.7. The van der Waals surface area contributed by atoms with Gasteiger partial charge in [0.2, 0.25) is 17.6 Å².